The maximum absolute atomic E-state index is 14.4. The van der Waals surface area contributed by atoms with E-state index in [-0.39, 0.29) is 17.2 Å². The van der Waals surface area contributed by atoms with Gasteiger partial charge in [-0.1, -0.05) is 24.3 Å². The van der Waals surface area contributed by atoms with E-state index in [0.29, 0.717) is 11.1 Å². The number of hydrogen-bond donors (Lipinski definition) is 2. The summed E-state index contributed by atoms with van der Waals surface area (Å²) in [5, 5.41) is 19.4. The highest BCUT2D eigenvalue weighted by Crippen LogP contribution is 2.32. The van der Waals surface area contributed by atoms with Gasteiger partial charge < -0.3 is 14.9 Å². The van der Waals surface area contributed by atoms with Crippen LogP contribution in [0.1, 0.15) is 31.1 Å². The van der Waals surface area contributed by atoms with E-state index in [1.807, 2.05) is 0 Å². The van der Waals surface area contributed by atoms with E-state index in [1.54, 1.807) is 39.0 Å². The standard InChI is InChI=1S/C25H23F2NO5/c1-25(2,3)33-22(31)14-28(24(32)23-18(26)8-5-9-19(23)27)17-7-4-6-15(12-17)16-10-11-20(29)21(30)13-16/h4-13,29-30H,14H2,1-3H3. The van der Waals surface area contributed by atoms with Gasteiger partial charge in [0.25, 0.3) is 5.91 Å². The van der Waals surface area contributed by atoms with Gasteiger partial charge in [0.1, 0.15) is 29.3 Å². The Morgan fingerprint density at radius 1 is 0.879 bits per heavy atom. The minimum absolute atomic E-state index is 0.179. The predicted molar refractivity (Wildman–Crippen MR) is 119 cm³/mol. The molecule has 0 heterocycles. The summed E-state index contributed by atoms with van der Waals surface area (Å²) in [6.07, 6.45) is 0. The van der Waals surface area contributed by atoms with Gasteiger partial charge in [-0.3, -0.25) is 14.5 Å². The number of hydrogen-bond acceptors (Lipinski definition) is 5. The molecule has 0 aliphatic carbocycles. The lowest BCUT2D eigenvalue weighted by Gasteiger charge is -2.26. The predicted octanol–water partition coefficient (Wildman–Crippen LogP) is 5.03. The molecular formula is C25H23F2NO5. The lowest BCUT2D eigenvalue weighted by Crippen LogP contribution is -2.39. The van der Waals surface area contributed by atoms with E-state index in [9.17, 15) is 28.6 Å². The van der Waals surface area contributed by atoms with Gasteiger partial charge in [0.05, 0.1) is 0 Å². The third kappa shape index (κ3) is 5.65. The van der Waals surface area contributed by atoms with Crippen LogP contribution in [-0.2, 0) is 9.53 Å². The molecule has 0 spiro atoms. The Morgan fingerprint density at radius 3 is 2.09 bits per heavy atom. The number of nitrogens with zero attached hydrogens (tertiary/aromatic N) is 1. The summed E-state index contributed by atoms with van der Waals surface area (Å²) in [4.78, 5) is 26.7. The van der Waals surface area contributed by atoms with Crippen molar-refractivity contribution in [3.63, 3.8) is 0 Å². The Hall–Kier alpha value is -3.94. The maximum Gasteiger partial charge on any atom is 0.326 e. The Morgan fingerprint density at radius 2 is 1.48 bits per heavy atom. The highest BCUT2D eigenvalue weighted by Gasteiger charge is 2.28. The van der Waals surface area contributed by atoms with Crippen molar-refractivity contribution >= 4 is 17.6 Å². The topological polar surface area (TPSA) is 87.1 Å². The van der Waals surface area contributed by atoms with Crippen molar-refractivity contribution in [2.75, 3.05) is 11.4 Å². The number of benzene rings is 3. The third-order valence-electron chi connectivity index (χ3n) is 4.60. The van der Waals surface area contributed by atoms with Crippen LogP contribution in [0.3, 0.4) is 0 Å². The van der Waals surface area contributed by atoms with Crippen molar-refractivity contribution < 1.29 is 33.3 Å². The second-order valence-electron chi connectivity index (χ2n) is 8.33. The quantitative estimate of drug-likeness (QED) is 0.416. The second kappa shape index (κ2) is 9.28. The van der Waals surface area contributed by atoms with Crippen molar-refractivity contribution in [1.82, 2.24) is 0 Å². The molecule has 0 aliphatic rings. The maximum atomic E-state index is 14.4. The zero-order chi connectivity index (χ0) is 24.3. The SMILES string of the molecule is CC(C)(C)OC(=O)CN(C(=O)c1c(F)cccc1F)c1cccc(-c2ccc(O)c(O)c2)c1. The fourth-order valence-electron chi connectivity index (χ4n) is 3.18. The van der Waals surface area contributed by atoms with Crippen LogP contribution < -0.4 is 4.90 Å². The van der Waals surface area contributed by atoms with Gasteiger partial charge in [-0.2, -0.15) is 0 Å². The molecule has 0 saturated carbocycles. The van der Waals surface area contributed by atoms with Crippen LogP contribution in [0.2, 0.25) is 0 Å². The van der Waals surface area contributed by atoms with Crippen LogP contribution in [0, 0.1) is 11.6 Å². The van der Waals surface area contributed by atoms with Crippen LogP contribution in [0.4, 0.5) is 14.5 Å². The van der Waals surface area contributed by atoms with E-state index < -0.39 is 41.2 Å². The normalized spacial score (nSPS) is 11.2. The lowest BCUT2D eigenvalue weighted by molar-refractivity contribution is -0.152. The zero-order valence-electron chi connectivity index (χ0n) is 18.3. The van der Waals surface area contributed by atoms with Crippen LogP contribution >= 0.6 is 0 Å². The van der Waals surface area contributed by atoms with Crippen molar-refractivity contribution in [1.29, 1.82) is 0 Å². The van der Waals surface area contributed by atoms with Crippen molar-refractivity contribution in [3.8, 4) is 22.6 Å². The lowest BCUT2D eigenvalue weighted by atomic mass is 10.0. The molecule has 0 atom stereocenters. The number of phenolic OH excluding ortho intramolecular Hbond substituents is 2. The van der Waals surface area contributed by atoms with Gasteiger partial charge in [-0.05, 0) is 68.3 Å². The Kier molecular flexibility index (Phi) is 6.67. The molecule has 0 saturated heterocycles. The third-order valence-corrected chi connectivity index (χ3v) is 4.60. The molecule has 3 aromatic rings. The first kappa shape index (κ1) is 23.7. The molecule has 0 unspecified atom stereocenters. The van der Waals surface area contributed by atoms with Crippen molar-refractivity contribution in [2.45, 2.75) is 26.4 Å². The summed E-state index contributed by atoms with van der Waals surface area (Å²) in [6, 6.07) is 13.5. The minimum atomic E-state index is -1.06. The Balaban J connectivity index is 2.06. The number of carbonyl (C=O) groups is 2. The summed E-state index contributed by atoms with van der Waals surface area (Å²) < 4.78 is 34.0. The minimum Gasteiger partial charge on any atom is -0.504 e. The van der Waals surface area contributed by atoms with Gasteiger partial charge in [0, 0.05) is 5.69 Å². The molecule has 0 aromatic heterocycles. The first-order chi connectivity index (χ1) is 15.5. The summed E-state index contributed by atoms with van der Waals surface area (Å²) in [7, 11) is 0. The summed E-state index contributed by atoms with van der Waals surface area (Å²) in [5.74, 6) is -4.58. The fourth-order valence-corrected chi connectivity index (χ4v) is 3.18. The molecule has 0 fully saturated rings. The van der Waals surface area contributed by atoms with Crippen molar-refractivity contribution in [3.05, 3.63) is 77.9 Å². The number of halogens is 2. The Bertz CT molecular complexity index is 1180. The molecule has 1 amide bonds. The number of rotatable bonds is 5. The summed E-state index contributed by atoms with van der Waals surface area (Å²) >= 11 is 0. The zero-order valence-corrected chi connectivity index (χ0v) is 18.3. The molecule has 8 heteroatoms. The largest absolute Gasteiger partial charge is 0.504 e. The van der Waals surface area contributed by atoms with Crippen LogP contribution in [0.5, 0.6) is 11.5 Å². The molecule has 0 bridgehead atoms. The Labute approximate surface area is 189 Å². The van der Waals surface area contributed by atoms with E-state index >= 15 is 0 Å². The number of esters is 1. The molecule has 3 aromatic carbocycles. The number of ether oxygens (including phenoxy) is 1. The van der Waals surface area contributed by atoms with Gasteiger partial charge in [-0.15, -0.1) is 0 Å². The first-order valence-corrected chi connectivity index (χ1v) is 10.1. The number of phenols is 2. The summed E-state index contributed by atoms with van der Waals surface area (Å²) in [6.45, 7) is 4.39. The number of amides is 1. The smallest absolute Gasteiger partial charge is 0.326 e. The van der Waals surface area contributed by atoms with Crippen LogP contribution in [0.25, 0.3) is 11.1 Å². The van der Waals surface area contributed by atoms with Gasteiger partial charge in [0.15, 0.2) is 11.5 Å². The van der Waals surface area contributed by atoms with Gasteiger partial charge in [-0.25, -0.2) is 8.78 Å². The highest BCUT2D eigenvalue weighted by atomic mass is 19.1. The monoisotopic (exact) mass is 455 g/mol. The second-order valence-corrected chi connectivity index (χ2v) is 8.33. The molecule has 33 heavy (non-hydrogen) atoms. The van der Waals surface area contributed by atoms with Gasteiger partial charge >= 0.3 is 5.97 Å². The molecule has 172 valence electrons. The molecule has 0 radical (unpaired) electrons. The average Bonchev–Trinajstić information content (AvgIpc) is 2.72. The average molecular weight is 455 g/mol. The summed E-state index contributed by atoms with van der Waals surface area (Å²) in [5.41, 5.74) is -0.416. The van der Waals surface area contributed by atoms with Crippen LogP contribution in [-0.4, -0.2) is 34.2 Å². The molecule has 6 nitrogen and oxygen atoms in total. The van der Waals surface area contributed by atoms with Crippen molar-refractivity contribution in [2.24, 2.45) is 0 Å². The molecular weight excluding hydrogens is 432 g/mol. The molecule has 0 aliphatic heterocycles. The first-order valence-electron chi connectivity index (χ1n) is 10.1. The number of aromatic hydroxyl groups is 2. The molecule has 2 N–H and O–H groups in total. The van der Waals surface area contributed by atoms with E-state index in [1.165, 1.54) is 24.3 Å². The highest BCUT2D eigenvalue weighted by molar-refractivity contribution is 6.09. The van der Waals surface area contributed by atoms with Gasteiger partial charge in [0.2, 0.25) is 0 Å². The van der Waals surface area contributed by atoms with E-state index in [0.717, 1.165) is 23.1 Å². The van der Waals surface area contributed by atoms with Crippen LogP contribution in [0.15, 0.2) is 60.7 Å². The fraction of sp³-hybridized carbons (Fsp3) is 0.200. The number of carbonyl (C=O) groups excluding carboxylic acids is 2. The van der Waals surface area contributed by atoms with E-state index in [4.69, 9.17) is 4.74 Å². The number of anilines is 1. The molecule has 3 rings (SSSR count). The van der Waals surface area contributed by atoms with E-state index in [2.05, 4.69) is 0 Å².